The first-order valence-electron chi connectivity index (χ1n) is 6.32. The van der Waals surface area contributed by atoms with Gasteiger partial charge in [-0.3, -0.25) is 0 Å². The zero-order chi connectivity index (χ0) is 11.9. The maximum atomic E-state index is 5.92. The molecule has 1 heterocycles. The van der Waals surface area contributed by atoms with Gasteiger partial charge in [0, 0.05) is 19.6 Å². The summed E-state index contributed by atoms with van der Waals surface area (Å²) < 4.78 is 7.90. The average molecular weight is 256 g/mol. The van der Waals surface area contributed by atoms with Crippen molar-refractivity contribution < 1.29 is 4.74 Å². The molecule has 1 aromatic heterocycles. The Morgan fingerprint density at radius 2 is 2.06 bits per heavy atom. The monoisotopic (exact) mass is 255 g/mol. The fourth-order valence-corrected chi connectivity index (χ4v) is 2.82. The highest BCUT2D eigenvalue weighted by Gasteiger charge is 2.40. The highest BCUT2D eigenvalue weighted by molar-refractivity contribution is 6.16. The Morgan fingerprint density at radius 3 is 2.53 bits per heavy atom. The number of rotatable bonds is 5. The van der Waals surface area contributed by atoms with Gasteiger partial charge in [0.05, 0.1) is 11.5 Å². The number of ether oxygens (including phenoxy) is 1. The lowest BCUT2D eigenvalue weighted by Gasteiger charge is -2.40. The molecule has 0 N–H and O–H groups in total. The molecule has 4 nitrogen and oxygen atoms in total. The van der Waals surface area contributed by atoms with Crippen molar-refractivity contribution in [1.82, 2.24) is 14.8 Å². The van der Waals surface area contributed by atoms with Crippen molar-refractivity contribution in [3.63, 3.8) is 0 Å². The van der Waals surface area contributed by atoms with E-state index in [2.05, 4.69) is 14.8 Å². The Hall–Kier alpha value is -0.610. The van der Waals surface area contributed by atoms with Crippen LogP contribution in [0.25, 0.3) is 0 Å². The molecule has 0 bridgehead atoms. The second kappa shape index (κ2) is 4.25. The van der Waals surface area contributed by atoms with Gasteiger partial charge in [0.15, 0.2) is 0 Å². The van der Waals surface area contributed by atoms with Crippen LogP contribution in [0.4, 0.5) is 0 Å². The van der Waals surface area contributed by atoms with Gasteiger partial charge in [-0.05, 0) is 32.1 Å². The van der Waals surface area contributed by atoms with Crippen molar-refractivity contribution in [2.45, 2.75) is 56.0 Å². The number of hydrogen-bond donors (Lipinski definition) is 0. The summed E-state index contributed by atoms with van der Waals surface area (Å²) in [6.07, 6.45) is 6.87. The lowest BCUT2D eigenvalue weighted by atomic mass is 9.77. The summed E-state index contributed by atoms with van der Waals surface area (Å²) >= 11 is 5.92. The quantitative estimate of drug-likeness (QED) is 0.759. The van der Waals surface area contributed by atoms with E-state index in [1.165, 1.54) is 19.3 Å². The number of hydrogen-bond acceptors (Lipinski definition) is 3. The molecular weight excluding hydrogens is 238 g/mol. The molecule has 0 spiro atoms. The Bertz CT molecular complexity index is 404. The molecule has 0 amide bonds. The van der Waals surface area contributed by atoms with Crippen LogP contribution in [0.15, 0.2) is 0 Å². The molecule has 2 fully saturated rings. The van der Waals surface area contributed by atoms with Crippen LogP contribution in [0, 0.1) is 0 Å². The van der Waals surface area contributed by atoms with Crippen LogP contribution in [0.2, 0.25) is 0 Å². The summed E-state index contributed by atoms with van der Waals surface area (Å²) in [5.41, 5.74) is 0.0171. The molecule has 1 aromatic rings. The Kier molecular flexibility index (Phi) is 2.87. The molecule has 94 valence electrons. The Balaban J connectivity index is 1.84. The third kappa shape index (κ3) is 1.97. The van der Waals surface area contributed by atoms with Crippen molar-refractivity contribution in [3.05, 3.63) is 11.6 Å². The van der Waals surface area contributed by atoms with E-state index >= 15 is 0 Å². The second-order valence-corrected chi connectivity index (χ2v) is 5.45. The number of halogens is 1. The Labute approximate surface area is 106 Å². The van der Waals surface area contributed by atoms with E-state index in [0.717, 1.165) is 30.9 Å². The standard InChI is InChI=1S/C12H18ClN3O/c1-17-12(5-2-6-12)7-10-14-15-11(8-13)16(10)9-3-4-9/h9H,2-8H2,1H3. The smallest absolute Gasteiger partial charge is 0.148 e. The third-order valence-electron chi connectivity index (χ3n) is 4.05. The van der Waals surface area contributed by atoms with E-state index in [-0.39, 0.29) is 5.60 Å². The van der Waals surface area contributed by atoms with E-state index in [4.69, 9.17) is 16.3 Å². The van der Waals surface area contributed by atoms with E-state index in [1.54, 1.807) is 7.11 Å². The van der Waals surface area contributed by atoms with Gasteiger partial charge in [0.25, 0.3) is 0 Å². The summed E-state index contributed by atoms with van der Waals surface area (Å²) in [5.74, 6) is 2.42. The van der Waals surface area contributed by atoms with Gasteiger partial charge in [-0.1, -0.05) is 0 Å². The fraction of sp³-hybridized carbons (Fsp3) is 0.833. The fourth-order valence-electron chi connectivity index (χ4n) is 2.64. The molecule has 5 heteroatoms. The molecule has 0 saturated heterocycles. The van der Waals surface area contributed by atoms with Crippen molar-refractivity contribution in [2.24, 2.45) is 0 Å². The lowest BCUT2D eigenvalue weighted by molar-refractivity contribution is -0.0726. The van der Waals surface area contributed by atoms with Crippen LogP contribution in [-0.2, 0) is 17.0 Å². The van der Waals surface area contributed by atoms with Crippen LogP contribution in [-0.4, -0.2) is 27.5 Å². The van der Waals surface area contributed by atoms with Gasteiger partial charge in [-0.25, -0.2) is 0 Å². The zero-order valence-electron chi connectivity index (χ0n) is 10.2. The average Bonchev–Trinajstić information content (AvgIpc) is 3.05. The van der Waals surface area contributed by atoms with E-state index in [9.17, 15) is 0 Å². The van der Waals surface area contributed by atoms with Crippen molar-refractivity contribution in [3.8, 4) is 0 Å². The van der Waals surface area contributed by atoms with Crippen LogP contribution in [0.1, 0.15) is 49.8 Å². The molecule has 17 heavy (non-hydrogen) atoms. The molecule has 2 aliphatic carbocycles. The maximum Gasteiger partial charge on any atom is 0.148 e. The molecule has 0 aromatic carbocycles. The zero-order valence-corrected chi connectivity index (χ0v) is 10.9. The summed E-state index contributed by atoms with van der Waals surface area (Å²) in [6, 6.07) is 0.586. The summed E-state index contributed by atoms with van der Waals surface area (Å²) in [4.78, 5) is 0. The predicted octanol–water partition coefficient (Wildman–Crippen LogP) is 2.46. The van der Waals surface area contributed by atoms with Crippen LogP contribution >= 0.6 is 11.6 Å². The van der Waals surface area contributed by atoms with E-state index in [1.807, 2.05) is 0 Å². The van der Waals surface area contributed by atoms with Crippen molar-refractivity contribution in [1.29, 1.82) is 0 Å². The number of aromatic nitrogens is 3. The maximum absolute atomic E-state index is 5.92. The third-order valence-corrected chi connectivity index (χ3v) is 4.29. The van der Waals surface area contributed by atoms with Gasteiger partial charge < -0.3 is 9.30 Å². The van der Waals surface area contributed by atoms with E-state index in [0.29, 0.717) is 11.9 Å². The lowest BCUT2D eigenvalue weighted by Crippen LogP contribution is -2.42. The minimum Gasteiger partial charge on any atom is -0.378 e. The first kappa shape index (κ1) is 11.5. The molecule has 0 aliphatic heterocycles. The normalized spacial score (nSPS) is 22.5. The minimum atomic E-state index is 0.0171. The summed E-state index contributed by atoms with van der Waals surface area (Å²) in [7, 11) is 1.81. The van der Waals surface area contributed by atoms with Crippen molar-refractivity contribution in [2.75, 3.05) is 7.11 Å². The largest absolute Gasteiger partial charge is 0.378 e. The van der Waals surface area contributed by atoms with Gasteiger partial charge in [0.2, 0.25) is 0 Å². The molecule has 3 rings (SSSR count). The second-order valence-electron chi connectivity index (χ2n) is 5.18. The van der Waals surface area contributed by atoms with Gasteiger partial charge >= 0.3 is 0 Å². The van der Waals surface area contributed by atoms with Crippen LogP contribution in [0.5, 0.6) is 0 Å². The van der Waals surface area contributed by atoms with Gasteiger partial charge in [-0.15, -0.1) is 21.8 Å². The van der Waals surface area contributed by atoms with Crippen molar-refractivity contribution >= 4 is 11.6 Å². The predicted molar refractivity (Wildman–Crippen MR) is 65.1 cm³/mol. The minimum absolute atomic E-state index is 0.0171. The van der Waals surface area contributed by atoms with Gasteiger partial charge in [-0.2, -0.15) is 0 Å². The summed E-state index contributed by atoms with van der Waals surface area (Å²) in [6.45, 7) is 0. The highest BCUT2D eigenvalue weighted by Crippen LogP contribution is 2.41. The van der Waals surface area contributed by atoms with E-state index < -0.39 is 0 Å². The Morgan fingerprint density at radius 1 is 1.35 bits per heavy atom. The number of methoxy groups -OCH3 is 1. The molecule has 0 unspecified atom stereocenters. The number of alkyl halides is 1. The molecular formula is C12H18ClN3O. The molecule has 0 radical (unpaired) electrons. The van der Waals surface area contributed by atoms with Gasteiger partial charge in [0.1, 0.15) is 11.6 Å². The van der Waals surface area contributed by atoms with Crippen LogP contribution in [0.3, 0.4) is 0 Å². The highest BCUT2D eigenvalue weighted by atomic mass is 35.5. The first-order chi connectivity index (χ1) is 8.28. The number of nitrogens with zero attached hydrogens (tertiary/aromatic N) is 3. The summed E-state index contributed by atoms with van der Waals surface area (Å²) in [5, 5.41) is 8.51. The molecule has 2 saturated carbocycles. The van der Waals surface area contributed by atoms with Crippen LogP contribution < -0.4 is 0 Å². The SMILES string of the molecule is COC1(Cc2nnc(CCl)n2C2CC2)CCC1. The molecule has 2 aliphatic rings. The molecule has 0 atom stereocenters. The first-order valence-corrected chi connectivity index (χ1v) is 6.85. The topological polar surface area (TPSA) is 39.9 Å².